The lowest BCUT2D eigenvalue weighted by molar-refractivity contribution is 0.0836. The van der Waals surface area contributed by atoms with Crippen molar-refractivity contribution in [2.45, 2.75) is 25.8 Å². The molecule has 4 heteroatoms. The molecule has 1 aliphatic heterocycles. The number of aliphatic hydroxyl groups excluding tert-OH is 1. The lowest BCUT2D eigenvalue weighted by atomic mass is 9.99. The molecule has 0 spiro atoms. The summed E-state index contributed by atoms with van der Waals surface area (Å²) in [4.78, 5) is 1.88. The van der Waals surface area contributed by atoms with Crippen molar-refractivity contribution in [2.75, 3.05) is 19.7 Å². The fourth-order valence-electron chi connectivity index (χ4n) is 1.82. The van der Waals surface area contributed by atoms with E-state index in [2.05, 4.69) is 0 Å². The fraction of sp³-hybridized carbons (Fsp3) is 0.778. The third-order valence-corrected chi connectivity index (χ3v) is 2.73. The van der Waals surface area contributed by atoms with E-state index in [0.29, 0.717) is 6.54 Å². The van der Waals surface area contributed by atoms with E-state index in [0.717, 1.165) is 0 Å². The fourth-order valence-corrected chi connectivity index (χ4v) is 1.82. The van der Waals surface area contributed by atoms with Crippen molar-refractivity contribution in [3.8, 4) is 0 Å². The summed E-state index contributed by atoms with van der Waals surface area (Å²) in [5.41, 5.74) is -0.327. The van der Waals surface area contributed by atoms with Gasteiger partial charge in [0.15, 0.2) is 0 Å². The Bertz CT molecular complexity index is 226. The van der Waals surface area contributed by atoms with Crippen LogP contribution in [0, 0.1) is 0 Å². The molecule has 0 bridgehead atoms. The molecule has 0 amide bonds. The summed E-state index contributed by atoms with van der Waals surface area (Å²) >= 11 is 0. The molecule has 0 unspecified atom stereocenters. The van der Waals surface area contributed by atoms with Gasteiger partial charge in [-0.05, 0) is 19.9 Å². The molecule has 1 fully saturated rings. The summed E-state index contributed by atoms with van der Waals surface area (Å²) in [5.74, 6) is 0. The predicted octanol–water partition coefficient (Wildman–Crippen LogP) is 1.61. The van der Waals surface area contributed by atoms with Gasteiger partial charge in [-0.2, -0.15) is 8.78 Å². The topological polar surface area (TPSA) is 23.5 Å². The van der Waals surface area contributed by atoms with E-state index < -0.39 is 11.6 Å². The zero-order valence-electron chi connectivity index (χ0n) is 7.98. The lowest BCUT2D eigenvalue weighted by Gasteiger charge is -2.31. The van der Waals surface area contributed by atoms with Crippen molar-refractivity contribution in [1.29, 1.82) is 0 Å². The average Bonchev–Trinajstić information content (AvgIpc) is 2.44. The van der Waals surface area contributed by atoms with Gasteiger partial charge in [0.2, 0.25) is 0 Å². The van der Waals surface area contributed by atoms with Gasteiger partial charge in [-0.15, -0.1) is 0 Å². The van der Waals surface area contributed by atoms with E-state index in [1.54, 1.807) is 0 Å². The van der Waals surface area contributed by atoms with Crippen molar-refractivity contribution in [3.63, 3.8) is 0 Å². The van der Waals surface area contributed by atoms with Crippen LogP contribution in [0.5, 0.6) is 0 Å². The number of hydrogen-bond acceptors (Lipinski definition) is 2. The molecule has 1 N–H and O–H groups in total. The second-order valence-electron chi connectivity index (χ2n) is 3.71. The Morgan fingerprint density at radius 3 is 2.54 bits per heavy atom. The quantitative estimate of drug-likeness (QED) is 0.716. The first-order chi connectivity index (χ1) is 6.03. The van der Waals surface area contributed by atoms with Gasteiger partial charge in [0.25, 0.3) is 6.08 Å². The molecule has 1 heterocycles. The Balaban J connectivity index is 2.85. The van der Waals surface area contributed by atoms with E-state index in [1.165, 1.54) is 0 Å². The van der Waals surface area contributed by atoms with Crippen molar-refractivity contribution < 1.29 is 13.9 Å². The number of likely N-dealkylation sites (N-methyl/N-ethyl adjacent to an activating group) is 1. The van der Waals surface area contributed by atoms with Crippen LogP contribution in [0.1, 0.15) is 20.3 Å². The smallest absolute Gasteiger partial charge is 0.270 e. The van der Waals surface area contributed by atoms with E-state index >= 15 is 0 Å². The van der Waals surface area contributed by atoms with Gasteiger partial charge in [-0.25, -0.2) is 0 Å². The maximum Gasteiger partial charge on any atom is 0.270 e. The SMILES string of the molecule is CCN1CC(=C(F)F)C[C@@]1(C)CO. The molecule has 0 aromatic carbocycles. The highest BCUT2D eigenvalue weighted by Crippen LogP contribution is 2.34. The number of aliphatic hydroxyl groups is 1. The molecular weight excluding hydrogens is 176 g/mol. The van der Waals surface area contributed by atoms with Gasteiger partial charge in [0, 0.05) is 17.7 Å². The molecule has 1 saturated heterocycles. The first-order valence-electron chi connectivity index (χ1n) is 4.42. The van der Waals surface area contributed by atoms with E-state index in [4.69, 9.17) is 5.11 Å². The van der Waals surface area contributed by atoms with Crippen LogP contribution in [0.25, 0.3) is 0 Å². The monoisotopic (exact) mass is 191 g/mol. The minimum absolute atomic E-state index is 0.0718. The summed E-state index contributed by atoms with van der Waals surface area (Å²) in [6.07, 6.45) is -1.31. The number of nitrogens with zero attached hydrogens (tertiary/aromatic N) is 1. The van der Waals surface area contributed by atoms with Crippen LogP contribution in [-0.2, 0) is 0 Å². The normalized spacial score (nSPS) is 29.8. The Hall–Kier alpha value is -0.480. The third-order valence-electron chi connectivity index (χ3n) is 2.73. The molecule has 13 heavy (non-hydrogen) atoms. The average molecular weight is 191 g/mol. The summed E-state index contributed by atoms with van der Waals surface area (Å²) in [5, 5.41) is 9.12. The number of rotatable bonds is 2. The van der Waals surface area contributed by atoms with Gasteiger partial charge in [-0.3, -0.25) is 4.90 Å². The number of halogens is 2. The van der Waals surface area contributed by atoms with E-state index in [-0.39, 0.29) is 25.1 Å². The zero-order valence-corrected chi connectivity index (χ0v) is 7.98. The van der Waals surface area contributed by atoms with Crippen LogP contribution >= 0.6 is 0 Å². The molecule has 0 aromatic rings. The van der Waals surface area contributed by atoms with Crippen molar-refractivity contribution in [2.24, 2.45) is 0 Å². The first kappa shape index (κ1) is 10.6. The van der Waals surface area contributed by atoms with Gasteiger partial charge in [-0.1, -0.05) is 6.92 Å². The Morgan fingerprint density at radius 1 is 1.62 bits per heavy atom. The molecule has 2 nitrogen and oxygen atoms in total. The third kappa shape index (κ3) is 1.89. The van der Waals surface area contributed by atoms with Crippen molar-refractivity contribution in [3.05, 3.63) is 11.7 Å². The van der Waals surface area contributed by atoms with E-state index in [1.807, 2.05) is 18.7 Å². The minimum Gasteiger partial charge on any atom is -0.394 e. The van der Waals surface area contributed by atoms with Crippen LogP contribution < -0.4 is 0 Å². The maximum absolute atomic E-state index is 12.3. The van der Waals surface area contributed by atoms with Gasteiger partial charge in [0.05, 0.1) is 6.61 Å². The molecule has 1 rings (SSSR count). The first-order valence-corrected chi connectivity index (χ1v) is 4.42. The summed E-state index contributed by atoms with van der Waals surface area (Å²) < 4.78 is 24.6. The highest BCUT2D eigenvalue weighted by atomic mass is 19.3. The molecule has 0 aromatic heterocycles. The van der Waals surface area contributed by atoms with Gasteiger partial charge < -0.3 is 5.11 Å². The second kappa shape index (κ2) is 3.72. The number of likely N-dealkylation sites (tertiary alicyclic amines) is 1. The molecule has 1 aliphatic rings. The maximum atomic E-state index is 12.3. The number of hydrogen-bond donors (Lipinski definition) is 1. The Kier molecular flexibility index (Phi) is 3.03. The van der Waals surface area contributed by atoms with Crippen LogP contribution in [0.15, 0.2) is 11.7 Å². The summed E-state index contributed by atoms with van der Waals surface area (Å²) in [7, 11) is 0. The minimum atomic E-state index is -1.59. The standard InChI is InChI=1S/C9H15F2NO/c1-3-12-5-7(8(10)11)4-9(12,2)6-13/h13H,3-6H2,1-2H3/t9-/m0/s1. The molecule has 0 radical (unpaired) electrons. The molecule has 0 aliphatic carbocycles. The van der Waals surface area contributed by atoms with Crippen LogP contribution in [0.3, 0.4) is 0 Å². The molecule has 0 saturated carbocycles. The summed E-state index contributed by atoms with van der Waals surface area (Å²) in [6, 6.07) is 0. The van der Waals surface area contributed by atoms with Crippen LogP contribution in [0.2, 0.25) is 0 Å². The lowest BCUT2D eigenvalue weighted by Crippen LogP contribution is -2.43. The Morgan fingerprint density at radius 2 is 2.23 bits per heavy atom. The highest BCUT2D eigenvalue weighted by Gasteiger charge is 2.39. The van der Waals surface area contributed by atoms with Gasteiger partial charge in [0.1, 0.15) is 0 Å². The molecular formula is C9H15F2NO. The Labute approximate surface area is 76.8 Å². The summed E-state index contributed by atoms with van der Waals surface area (Å²) in [6.45, 7) is 4.63. The predicted molar refractivity (Wildman–Crippen MR) is 46.6 cm³/mol. The van der Waals surface area contributed by atoms with Crippen LogP contribution in [-0.4, -0.2) is 35.2 Å². The zero-order chi connectivity index (χ0) is 10.1. The largest absolute Gasteiger partial charge is 0.394 e. The van der Waals surface area contributed by atoms with Crippen molar-refractivity contribution >= 4 is 0 Å². The van der Waals surface area contributed by atoms with E-state index in [9.17, 15) is 8.78 Å². The highest BCUT2D eigenvalue weighted by molar-refractivity contribution is 5.17. The molecule has 1 atom stereocenters. The van der Waals surface area contributed by atoms with Gasteiger partial charge >= 0.3 is 0 Å². The second-order valence-corrected chi connectivity index (χ2v) is 3.71. The van der Waals surface area contributed by atoms with Crippen LogP contribution in [0.4, 0.5) is 8.78 Å². The molecule has 76 valence electrons. The van der Waals surface area contributed by atoms with Crippen molar-refractivity contribution in [1.82, 2.24) is 4.90 Å².